The van der Waals surface area contributed by atoms with E-state index >= 15 is 0 Å². The summed E-state index contributed by atoms with van der Waals surface area (Å²) >= 11 is 1.68. The van der Waals surface area contributed by atoms with Crippen LogP contribution in [0.2, 0.25) is 0 Å². The molecular weight excluding hydrogens is 260 g/mol. The maximum Gasteiger partial charge on any atom is 0.191 e. The molecule has 0 radical (unpaired) electrons. The molecule has 0 fully saturated rings. The predicted molar refractivity (Wildman–Crippen MR) is 75.7 cm³/mol. The smallest absolute Gasteiger partial charge is 0.191 e. The largest absolute Gasteiger partial charge is 0.334 e. The fraction of sp³-hybridized carbons (Fsp3) is 0.583. The number of aryl methyl sites for hydroxylation is 1. The van der Waals surface area contributed by atoms with Crippen LogP contribution in [0.3, 0.4) is 0 Å². The number of nitrogens with zero attached hydrogens (tertiary/aromatic N) is 5. The van der Waals surface area contributed by atoms with Gasteiger partial charge in [0.15, 0.2) is 5.16 Å². The summed E-state index contributed by atoms with van der Waals surface area (Å²) in [7, 11) is 0. The molecule has 104 valence electrons. The van der Waals surface area contributed by atoms with E-state index in [2.05, 4.69) is 38.2 Å². The van der Waals surface area contributed by atoms with Crippen LogP contribution >= 0.6 is 11.8 Å². The Balaban J connectivity index is 2.09. The average molecular weight is 280 g/mol. The number of imidazole rings is 1. The summed E-state index contributed by atoms with van der Waals surface area (Å²) in [4.78, 5) is 4.17. The van der Waals surface area contributed by atoms with Gasteiger partial charge in [-0.2, -0.15) is 0 Å². The minimum Gasteiger partial charge on any atom is -0.334 e. The summed E-state index contributed by atoms with van der Waals surface area (Å²) in [5, 5.41) is 9.30. The van der Waals surface area contributed by atoms with Gasteiger partial charge in [0.25, 0.3) is 0 Å². The SMILES string of the molecule is CCCn1c(CN)nnc1SCc1cncn1CC. The lowest BCUT2D eigenvalue weighted by Crippen LogP contribution is -2.09. The van der Waals surface area contributed by atoms with E-state index in [0.29, 0.717) is 6.54 Å². The van der Waals surface area contributed by atoms with Crippen molar-refractivity contribution in [3.63, 3.8) is 0 Å². The number of rotatable bonds is 7. The van der Waals surface area contributed by atoms with Gasteiger partial charge in [-0.05, 0) is 13.3 Å². The molecule has 0 spiro atoms. The Morgan fingerprint density at radius 1 is 1.32 bits per heavy atom. The monoisotopic (exact) mass is 280 g/mol. The van der Waals surface area contributed by atoms with Crippen LogP contribution in [0.25, 0.3) is 0 Å². The third kappa shape index (κ3) is 3.16. The average Bonchev–Trinajstić information content (AvgIpc) is 3.03. The lowest BCUT2D eigenvalue weighted by molar-refractivity contribution is 0.592. The molecule has 0 aliphatic rings. The Labute approximate surface area is 117 Å². The lowest BCUT2D eigenvalue weighted by atomic mass is 10.4. The summed E-state index contributed by atoms with van der Waals surface area (Å²) in [6.07, 6.45) is 4.81. The molecule has 0 amide bonds. The van der Waals surface area contributed by atoms with Gasteiger partial charge in [-0.15, -0.1) is 10.2 Å². The molecule has 0 saturated carbocycles. The van der Waals surface area contributed by atoms with Crippen molar-refractivity contribution in [3.05, 3.63) is 24.0 Å². The van der Waals surface area contributed by atoms with Crippen LogP contribution in [0.4, 0.5) is 0 Å². The number of thioether (sulfide) groups is 1. The molecule has 2 aromatic rings. The topological polar surface area (TPSA) is 74.6 Å². The molecule has 7 heteroatoms. The van der Waals surface area contributed by atoms with Crippen LogP contribution in [0.1, 0.15) is 31.8 Å². The zero-order valence-corrected chi connectivity index (χ0v) is 12.2. The van der Waals surface area contributed by atoms with E-state index in [1.807, 2.05) is 12.5 Å². The first-order valence-corrected chi connectivity index (χ1v) is 7.52. The summed E-state index contributed by atoms with van der Waals surface area (Å²) in [6.45, 7) is 6.53. The van der Waals surface area contributed by atoms with Crippen molar-refractivity contribution in [2.75, 3.05) is 0 Å². The zero-order chi connectivity index (χ0) is 13.7. The summed E-state index contributed by atoms with van der Waals surface area (Å²) < 4.78 is 4.24. The van der Waals surface area contributed by atoms with Crippen LogP contribution in [0.15, 0.2) is 17.7 Å². The van der Waals surface area contributed by atoms with Crippen LogP contribution in [0, 0.1) is 0 Å². The van der Waals surface area contributed by atoms with Crippen molar-refractivity contribution >= 4 is 11.8 Å². The molecule has 2 rings (SSSR count). The van der Waals surface area contributed by atoms with E-state index in [1.54, 1.807) is 11.8 Å². The molecule has 2 N–H and O–H groups in total. The molecule has 0 aromatic carbocycles. The highest BCUT2D eigenvalue weighted by Crippen LogP contribution is 2.22. The highest BCUT2D eigenvalue weighted by molar-refractivity contribution is 7.98. The van der Waals surface area contributed by atoms with Gasteiger partial charge in [0.1, 0.15) is 5.82 Å². The van der Waals surface area contributed by atoms with Gasteiger partial charge >= 0.3 is 0 Å². The van der Waals surface area contributed by atoms with Crippen molar-refractivity contribution in [1.29, 1.82) is 0 Å². The molecule has 0 aliphatic carbocycles. The Bertz CT molecular complexity index is 518. The van der Waals surface area contributed by atoms with Crippen molar-refractivity contribution in [3.8, 4) is 0 Å². The number of hydrogen-bond acceptors (Lipinski definition) is 5. The highest BCUT2D eigenvalue weighted by atomic mass is 32.2. The standard InChI is InChI=1S/C12H20N6S/c1-3-5-18-11(6-13)15-16-12(18)19-8-10-7-14-9-17(10)4-2/h7,9H,3-6,8,13H2,1-2H3. The van der Waals surface area contributed by atoms with Gasteiger partial charge < -0.3 is 14.9 Å². The Morgan fingerprint density at radius 3 is 2.84 bits per heavy atom. The second-order valence-corrected chi connectivity index (χ2v) is 5.16. The summed E-state index contributed by atoms with van der Waals surface area (Å²) in [6, 6.07) is 0. The van der Waals surface area contributed by atoms with Crippen molar-refractivity contribution in [2.45, 2.75) is 50.8 Å². The van der Waals surface area contributed by atoms with Gasteiger partial charge in [0.2, 0.25) is 0 Å². The van der Waals surface area contributed by atoms with E-state index in [9.17, 15) is 0 Å². The van der Waals surface area contributed by atoms with Crippen LogP contribution < -0.4 is 5.73 Å². The molecule has 0 unspecified atom stereocenters. The van der Waals surface area contributed by atoms with Gasteiger partial charge in [-0.1, -0.05) is 18.7 Å². The van der Waals surface area contributed by atoms with Crippen LogP contribution in [0.5, 0.6) is 0 Å². The van der Waals surface area contributed by atoms with Crippen molar-refractivity contribution < 1.29 is 0 Å². The van der Waals surface area contributed by atoms with E-state index in [1.165, 1.54) is 5.69 Å². The second kappa shape index (κ2) is 6.72. The summed E-state index contributed by atoms with van der Waals surface area (Å²) in [5.74, 6) is 1.70. The molecule has 0 bridgehead atoms. The third-order valence-electron chi connectivity index (χ3n) is 2.91. The molecule has 0 aliphatic heterocycles. The Hall–Kier alpha value is -1.34. The van der Waals surface area contributed by atoms with E-state index in [-0.39, 0.29) is 0 Å². The maximum atomic E-state index is 5.68. The van der Waals surface area contributed by atoms with E-state index in [0.717, 1.165) is 36.2 Å². The number of nitrogens with two attached hydrogens (primary N) is 1. The third-order valence-corrected chi connectivity index (χ3v) is 3.91. The molecule has 19 heavy (non-hydrogen) atoms. The highest BCUT2D eigenvalue weighted by Gasteiger charge is 2.11. The van der Waals surface area contributed by atoms with Crippen molar-refractivity contribution in [2.24, 2.45) is 5.73 Å². The van der Waals surface area contributed by atoms with Crippen molar-refractivity contribution in [1.82, 2.24) is 24.3 Å². The molecular formula is C12H20N6S. The molecule has 2 aromatic heterocycles. The minimum atomic E-state index is 0.431. The number of aromatic nitrogens is 5. The predicted octanol–water partition coefficient (Wildman–Crippen LogP) is 1.66. The minimum absolute atomic E-state index is 0.431. The zero-order valence-electron chi connectivity index (χ0n) is 11.4. The lowest BCUT2D eigenvalue weighted by Gasteiger charge is -2.08. The normalized spacial score (nSPS) is 11.1. The Morgan fingerprint density at radius 2 is 2.16 bits per heavy atom. The van der Waals surface area contributed by atoms with Gasteiger partial charge in [-0.25, -0.2) is 4.98 Å². The molecule has 0 saturated heterocycles. The Kier molecular flexibility index (Phi) is 4.98. The van der Waals surface area contributed by atoms with Crippen LogP contribution in [-0.2, 0) is 25.4 Å². The van der Waals surface area contributed by atoms with E-state index < -0.39 is 0 Å². The van der Waals surface area contributed by atoms with Crippen LogP contribution in [-0.4, -0.2) is 24.3 Å². The molecule has 6 nitrogen and oxygen atoms in total. The van der Waals surface area contributed by atoms with Gasteiger partial charge in [0, 0.05) is 30.7 Å². The fourth-order valence-electron chi connectivity index (χ4n) is 1.92. The van der Waals surface area contributed by atoms with Gasteiger partial charge in [-0.3, -0.25) is 0 Å². The van der Waals surface area contributed by atoms with E-state index in [4.69, 9.17) is 5.73 Å². The summed E-state index contributed by atoms with van der Waals surface area (Å²) in [5.41, 5.74) is 6.89. The fourth-order valence-corrected chi connectivity index (χ4v) is 2.88. The maximum absolute atomic E-state index is 5.68. The molecule has 0 atom stereocenters. The molecule has 2 heterocycles. The first-order chi connectivity index (χ1) is 9.30. The second-order valence-electron chi connectivity index (χ2n) is 4.21. The number of hydrogen-bond donors (Lipinski definition) is 1. The quantitative estimate of drug-likeness (QED) is 0.781. The first kappa shape index (κ1) is 14.1. The first-order valence-electron chi connectivity index (χ1n) is 6.54. The van der Waals surface area contributed by atoms with Gasteiger partial charge in [0.05, 0.1) is 12.9 Å².